The van der Waals surface area contributed by atoms with Gasteiger partial charge in [0.25, 0.3) is 0 Å². The number of benzene rings is 11. The fraction of sp³-hybridized carbons (Fsp3) is 0.0933. The molecule has 2 atom stereocenters. The van der Waals surface area contributed by atoms with E-state index >= 15 is 0 Å². The van der Waals surface area contributed by atoms with Gasteiger partial charge in [-0.1, -0.05) is 267 Å². The van der Waals surface area contributed by atoms with Gasteiger partial charge in [0.2, 0.25) is 0 Å². The standard InChI is InChI=1S/C36H26.C20H18O.C19H14O/c1-25-11-9-20-34-35(25)32-17-7-8-19-33(32)36(34,28-14-3-2-4-15-28)29-23-21-27(22-24-29)31-18-10-13-26-12-5-6-16-30(26)31;1-13-6-9-15(10-7-13)16-4-3-5-17-18-12-14(2)8-11-19(18)21-20(16)17;1-13-9-11-14(12-10-13)15-6-4-7-17-16-5-2-3-8-18(16)20-19(15)17/h2-24H,1H3;3-7,9-12,14H,8H2,1-2H3;2-12H,1H3. The molecule has 77 heavy (non-hydrogen) atoms. The summed E-state index contributed by atoms with van der Waals surface area (Å²) in [6.07, 6.45) is 5.62. The highest BCUT2D eigenvalue weighted by molar-refractivity contribution is 6.09. The lowest BCUT2D eigenvalue weighted by molar-refractivity contribution is 0.568. The summed E-state index contributed by atoms with van der Waals surface area (Å²) in [5.41, 5.74) is 22.8. The Labute approximate surface area is 450 Å². The highest BCUT2D eigenvalue weighted by Gasteiger charge is 2.46. The minimum atomic E-state index is -0.351. The minimum absolute atomic E-state index is 0.351. The van der Waals surface area contributed by atoms with Crippen LogP contribution in [0.2, 0.25) is 0 Å². The van der Waals surface area contributed by atoms with E-state index in [1.54, 1.807) is 0 Å². The summed E-state index contributed by atoms with van der Waals surface area (Å²) in [7, 11) is 0. The van der Waals surface area contributed by atoms with E-state index in [-0.39, 0.29) is 5.41 Å². The largest absolute Gasteiger partial charge is 0.456 e. The maximum atomic E-state index is 6.17. The van der Waals surface area contributed by atoms with Crippen LogP contribution in [-0.4, -0.2) is 0 Å². The Morgan fingerprint density at radius 3 is 1.64 bits per heavy atom. The molecule has 15 rings (SSSR count). The van der Waals surface area contributed by atoms with Crippen LogP contribution in [-0.2, 0) is 5.41 Å². The highest BCUT2D eigenvalue weighted by atomic mass is 16.3. The highest BCUT2D eigenvalue weighted by Crippen LogP contribution is 2.57. The first-order valence-electron chi connectivity index (χ1n) is 27.0. The summed E-state index contributed by atoms with van der Waals surface area (Å²) >= 11 is 0. The van der Waals surface area contributed by atoms with E-state index in [9.17, 15) is 0 Å². The van der Waals surface area contributed by atoms with Gasteiger partial charge in [-0.3, -0.25) is 0 Å². The normalized spacial score (nSPS) is 15.1. The van der Waals surface area contributed by atoms with Crippen LogP contribution in [0.5, 0.6) is 0 Å². The molecule has 11 aromatic carbocycles. The summed E-state index contributed by atoms with van der Waals surface area (Å²) in [6, 6.07) is 89.4. The van der Waals surface area contributed by atoms with Crippen molar-refractivity contribution >= 4 is 55.8 Å². The molecule has 2 unspecified atom stereocenters. The third kappa shape index (κ3) is 8.38. The summed E-state index contributed by atoms with van der Waals surface area (Å²) in [6.45, 7) is 8.70. The Hall–Kier alpha value is -9.24. The van der Waals surface area contributed by atoms with E-state index in [1.165, 1.54) is 110 Å². The topological polar surface area (TPSA) is 26.3 Å². The average Bonchev–Trinajstić information content (AvgIpc) is 4.33. The van der Waals surface area contributed by atoms with Gasteiger partial charge in [-0.05, 0) is 117 Å². The predicted molar refractivity (Wildman–Crippen MR) is 324 cm³/mol. The van der Waals surface area contributed by atoms with Gasteiger partial charge in [0.15, 0.2) is 0 Å². The van der Waals surface area contributed by atoms with E-state index < -0.39 is 0 Å². The molecule has 2 heterocycles. The molecular weight excluding hydrogens is 933 g/mol. The van der Waals surface area contributed by atoms with Gasteiger partial charge in [-0.15, -0.1) is 0 Å². The van der Waals surface area contributed by atoms with Crippen molar-refractivity contribution in [1.82, 2.24) is 0 Å². The van der Waals surface area contributed by atoms with Crippen LogP contribution in [0.1, 0.15) is 52.3 Å². The Balaban J connectivity index is 0.000000118. The smallest absolute Gasteiger partial charge is 0.143 e. The maximum absolute atomic E-state index is 6.17. The SMILES string of the molecule is Cc1ccc(-c2cccc3c2oc2ccccc23)cc1.Cc1ccc(-c2cccc3c4c(oc23)=CCC(C)C=4)cc1.Cc1cccc2c1-c1ccccc1C2(c1ccccc1)c1ccc(-c2cccc3ccccc23)cc1. The number of hydrogen-bond acceptors (Lipinski definition) is 2. The average molecular weight is 991 g/mol. The Bertz CT molecular complexity index is 4430. The lowest BCUT2D eigenvalue weighted by Crippen LogP contribution is -2.28. The number of aryl methyl sites for hydroxylation is 3. The van der Waals surface area contributed by atoms with Crippen molar-refractivity contribution in [2.24, 2.45) is 5.92 Å². The monoisotopic (exact) mass is 990 g/mol. The van der Waals surface area contributed by atoms with Gasteiger partial charge >= 0.3 is 0 Å². The van der Waals surface area contributed by atoms with Gasteiger partial charge < -0.3 is 8.83 Å². The van der Waals surface area contributed by atoms with Crippen LogP contribution in [0, 0.1) is 26.7 Å². The molecule has 2 aromatic heterocycles. The molecule has 370 valence electrons. The zero-order valence-corrected chi connectivity index (χ0v) is 43.9. The third-order valence-corrected chi connectivity index (χ3v) is 15.9. The summed E-state index contributed by atoms with van der Waals surface area (Å²) in [4.78, 5) is 0. The number of fused-ring (bicyclic) bond motifs is 10. The molecule has 2 nitrogen and oxygen atoms in total. The van der Waals surface area contributed by atoms with Crippen LogP contribution in [0.25, 0.3) is 100 Å². The van der Waals surface area contributed by atoms with Crippen LogP contribution in [0.4, 0.5) is 0 Å². The Morgan fingerprint density at radius 1 is 0.390 bits per heavy atom. The molecule has 2 aliphatic carbocycles. The second-order valence-electron chi connectivity index (χ2n) is 20.9. The van der Waals surface area contributed by atoms with Crippen LogP contribution >= 0.6 is 0 Å². The van der Waals surface area contributed by atoms with E-state index in [0.29, 0.717) is 5.92 Å². The number of hydrogen-bond donors (Lipinski definition) is 0. The Morgan fingerprint density at radius 2 is 0.896 bits per heavy atom. The lowest BCUT2D eigenvalue weighted by atomic mass is 9.67. The van der Waals surface area contributed by atoms with E-state index in [1.807, 2.05) is 12.1 Å². The quantitative estimate of drug-likeness (QED) is 0.172. The number of para-hydroxylation sites is 3. The number of rotatable bonds is 5. The zero-order valence-electron chi connectivity index (χ0n) is 43.9. The molecule has 0 fully saturated rings. The molecule has 0 radical (unpaired) electrons. The first kappa shape index (κ1) is 47.5. The van der Waals surface area contributed by atoms with Crippen LogP contribution in [0.3, 0.4) is 0 Å². The molecule has 2 aliphatic rings. The third-order valence-electron chi connectivity index (χ3n) is 15.9. The molecule has 2 heteroatoms. The van der Waals surface area contributed by atoms with Crippen molar-refractivity contribution < 1.29 is 8.83 Å². The molecular formula is C75H58O2. The lowest BCUT2D eigenvalue weighted by Gasteiger charge is -2.34. The zero-order chi connectivity index (χ0) is 52.0. The van der Waals surface area contributed by atoms with Crippen molar-refractivity contribution in [3.8, 4) is 44.5 Å². The molecule has 13 aromatic rings. The van der Waals surface area contributed by atoms with Crippen molar-refractivity contribution in [2.75, 3.05) is 0 Å². The second kappa shape index (κ2) is 19.8. The van der Waals surface area contributed by atoms with E-state index in [4.69, 9.17) is 8.83 Å². The van der Waals surface area contributed by atoms with Gasteiger partial charge in [-0.2, -0.15) is 0 Å². The van der Waals surface area contributed by atoms with Gasteiger partial charge in [0, 0.05) is 32.5 Å². The molecule has 0 saturated carbocycles. The maximum Gasteiger partial charge on any atom is 0.143 e. The first-order chi connectivity index (χ1) is 37.8. The van der Waals surface area contributed by atoms with Crippen molar-refractivity contribution in [1.29, 1.82) is 0 Å². The Kier molecular flexibility index (Phi) is 12.2. The molecule has 0 bridgehead atoms. The number of furan rings is 2. The first-order valence-corrected chi connectivity index (χ1v) is 27.0. The van der Waals surface area contributed by atoms with E-state index in [2.05, 4.69) is 276 Å². The van der Waals surface area contributed by atoms with Crippen molar-refractivity contribution in [3.63, 3.8) is 0 Å². The molecule has 0 amide bonds. The van der Waals surface area contributed by atoms with Gasteiger partial charge in [-0.25, -0.2) is 0 Å². The molecule has 0 saturated heterocycles. The summed E-state index contributed by atoms with van der Waals surface area (Å²) in [5.74, 6) is 0.585. The molecule has 0 aliphatic heterocycles. The summed E-state index contributed by atoms with van der Waals surface area (Å²) < 4.78 is 12.2. The second-order valence-corrected chi connectivity index (χ2v) is 20.9. The fourth-order valence-corrected chi connectivity index (χ4v) is 12.2. The van der Waals surface area contributed by atoms with Crippen LogP contribution in [0.15, 0.2) is 258 Å². The van der Waals surface area contributed by atoms with Crippen LogP contribution < -0.4 is 10.6 Å². The van der Waals surface area contributed by atoms with Crippen molar-refractivity contribution in [3.05, 3.63) is 298 Å². The van der Waals surface area contributed by atoms with E-state index in [0.717, 1.165) is 34.1 Å². The minimum Gasteiger partial charge on any atom is -0.456 e. The summed E-state index contributed by atoms with van der Waals surface area (Å²) in [5, 5.41) is 7.41. The predicted octanol–water partition coefficient (Wildman–Crippen LogP) is 18.7. The molecule has 0 N–H and O–H groups in total. The van der Waals surface area contributed by atoms with Gasteiger partial charge in [0.1, 0.15) is 22.2 Å². The fourth-order valence-electron chi connectivity index (χ4n) is 12.2. The molecule has 0 spiro atoms. The van der Waals surface area contributed by atoms with Crippen molar-refractivity contribution in [2.45, 2.75) is 39.5 Å². The van der Waals surface area contributed by atoms with Gasteiger partial charge in [0.05, 0.1) is 5.41 Å².